The number of hydrogen-bond donors (Lipinski definition) is 1. The number of anilines is 1. The van der Waals surface area contributed by atoms with Crippen molar-refractivity contribution in [3.63, 3.8) is 0 Å². The van der Waals surface area contributed by atoms with Gasteiger partial charge in [-0.05, 0) is 37.8 Å². The predicted octanol–water partition coefficient (Wildman–Crippen LogP) is 2.79. The third-order valence-corrected chi connectivity index (χ3v) is 5.37. The van der Waals surface area contributed by atoms with Gasteiger partial charge in [0.15, 0.2) is 9.84 Å². The summed E-state index contributed by atoms with van der Waals surface area (Å²) in [5, 5.41) is 4.03. The Morgan fingerprint density at radius 1 is 1.33 bits per heavy atom. The SMILES string of the molecule is CCN(C)c1ncc(C(=O)NC(/C=C/S(C)(=O)=O)C2CC2)c(Oc2ccccc2)n1. The van der Waals surface area contributed by atoms with E-state index in [4.69, 9.17) is 4.74 Å². The van der Waals surface area contributed by atoms with Gasteiger partial charge in [-0.15, -0.1) is 0 Å². The van der Waals surface area contributed by atoms with Crippen LogP contribution in [0, 0.1) is 5.92 Å². The van der Waals surface area contributed by atoms with Gasteiger partial charge in [-0.3, -0.25) is 4.79 Å². The molecule has 0 aliphatic heterocycles. The van der Waals surface area contributed by atoms with Crippen molar-refractivity contribution in [2.45, 2.75) is 25.8 Å². The summed E-state index contributed by atoms with van der Waals surface area (Å²) in [4.78, 5) is 23.6. The van der Waals surface area contributed by atoms with Crippen molar-refractivity contribution in [2.24, 2.45) is 5.92 Å². The monoisotopic (exact) mass is 430 g/mol. The lowest BCUT2D eigenvalue weighted by molar-refractivity contribution is 0.0937. The Kier molecular flexibility index (Phi) is 6.71. The average molecular weight is 431 g/mol. The number of nitrogens with zero attached hydrogens (tertiary/aromatic N) is 3. The molecule has 1 N–H and O–H groups in total. The molecule has 0 radical (unpaired) electrons. The molecule has 8 nitrogen and oxygen atoms in total. The highest BCUT2D eigenvalue weighted by molar-refractivity contribution is 7.93. The van der Waals surface area contributed by atoms with Crippen LogP contribution >= 0.6 is 0 Å². The first-order valence-electron chi connectivity index (χ1n) is 9.77. The number of para-hydroxylation sites is 1. The Bertz CT molecular complexity index is 1020. The molecule has 1 aromatic carbocycles. The molecular weight excluding hydrogens is 404 g/mol. The molecule has 1 aliphatic rings. The van der Waals surface area contributed by atoms with E-state index < -0.39 is 15.7 Å². The lowest BCUT2D eigenvalue weighted by Gasteiger charge is -2.18. The molecule has 0 spiro atoms. The van der Waals surface area contributed by atoms with E-state index in [1.807, 2.05) is 37.1 Å². The minimum absolute atomic E-state index is 0.144. The lowest BCUT2D eigenvalue weighted by atomic mass is 10.1. The van der Waals surface area contributed by atoms with Gasteiger partial charge < -0.3 is 15.0 Å². The van der Waals surface area contributed by atoms with E-state index in [2.05, 4.69) is 15.3 Å². The summed E-state index contributed by atoms with van der Waals surface area (Å²) in [5.41, 5.74) is 0.186. The number of nitrogens with one attached hydrogen (secondary N) is 1. The van der Waals surface area contributed by atoms with Crippen molar-refractivity contribution in [1.82, 2.24) is 15.3 Å². The van der Waals surface area contributed by atoms with Crippen molar-refractivity contribution < 1.29 is 17.9 Å². The van der Waals surface area contributed by atoms with Gasteiger partial charge in [0.05, 0.1) is 6.04 Å². The van der Waals surface area contributed by atoms with E-state index in [0.29, 0.717) is 18.2 Å². The molecule has 9 heteroatoms. The van der Waals surface area contributed by atoms with Crippen LogP contribution < -0.4 is 15.0 Å². The zero-order chi connectivity index (χ0) is 21.7. The first-order valence-corrected chi connectivity index (χ1v) is 11.7. The molecule has 2 aromatic rings. The van der Waals surface area contributed by atoms with Gasteiger partial charge in [-0.1, -0.05) is 24.3 Å². The molecule has 1 saturated carbocycles. The fourth-order valence-electron chi connectivity index (χ4n) is 2.75. The van der Waals surface area contributed by atoms with E-state index in [0.717, 1.165) is 24.5 Å². The lowest BCUT2D eigenvalue weighted by Crippen LogP contribution is -2.35. The first kappa shape index (κ1) is 21.8. The second-order valence-electron chi connectivity index (χ2n) is 7.31. The average Bonchev–Trinajstić information content (AvgIpc) is 3.55. The highest BCUT2D eigenvalue weighted by Crippen LogP contribution is 2.34. The van der Waals surface area contributed by atoms with Gasteiger partial charge in [-0.25, -0.2) is 13.4 Å². The predicted molar refractivity (Wildman–Crippen MR) is 115 cm³/mol. The van der Waals surface area contributed by atoms with Crippen LogP contribution in [0.5, 0.6) is 11.6 Å². The Labute approximate surface area is 176 Å². The van der Waals surface area contributed by atoms with E-state index in [1.54, 1.807) is 12.1 Å². The zero-order valence-electron chi connectivity index (χ0n) is 17.3. The van der Waals surface area contributed by atoms with E-state index >= 15 is 0 Å². The van der Waals surface area contributed by atoms with Crippen molar-refractivity contribution in [3.05, 3.63) is 53.6 Å². The van der Waals surface area contributed by atoms with Crippen LogP contribution in [-0.4, -0.2) is 50.2 Å². The topological polar surface area (TPSA) is 101 Å². The molecule has 1 atom stereocenters. The van der Waals surface area contributed by atoms with Crippen molar-refractivity contribution >= 4 is 21.7 Å². The van der Waals surface area contributed by atoms with Crippen molar-refractivity contribution in [1.29, 1.82) is 0 Å². The van der Waals surface area contributed by atoms with Crippen LogP contribution in [0.25, 0.3) is 0 Å². The van der Waals surface area contributed by atoms with Crippen LogP contribution in [0.4, 0.5) is 5.95 Å². The van der Waals surface area contributed by atoms with Crippen LogP contribution in [0.2, 0.25) is 0 Å². The summed E-state index contributed by atoms with van der Waals surface area (Å²) in [5.74, 6) is 0.936. The highest BCUT2D eigenvalue weighted by atomic mass is 32.2. The number of aromatic nitrogens is 2. The number of benzene rings is 1. The zero-order valence-corrected chi connectivity index (χ0v) is 18.1. The largest absolute Gasteiger partial charge is 0.438 e. The normalized spacial score (nSPS) is 15.0. The van der Waals surface area contributed by atoms with E-state index in [9.17, 15) is 13.2 Å². The van der Waals surface area contributed by atoms with Gasteiger partial charge in [0.25, 0.3) is 5.91 Å². The van der Waals surface area contributed by atoms with Crippen molar-refractivity contribution in [2.75, 3.05) is 24.7 Å². The number of ether oxygens (including phenoxy) is 1. The van der Waals surface area contributed by atoms with Crippen molar-refractivity contribution in [3.8, 4) is 11.6 Å². The highest BCUT2D eigenvalue weighted by Gasteiger charge is 2.32. The second-order valence-corrected chi connectivity index (χ2v) is 9.24. The fraction of sp³-hybridized carbons (Fsp3) is 0.381. The molecule has 1 aromatic heterocycles. The standard InChI is InChI=1S/C21H26N4O4S/c1-4-25(2)21-22-14-17(20(24-21)29-16-8-6-5-7-9-16)19(26)23-18(15-10-11-15)12-13-30(3,27)28/h5-9,12-15,18H,4,10-11H2,1-3H3,(H,23,26)/b13-12+. The molecule has 0 bridgehead atoms. The maximum absolute atomic E-state index is 13.0. The molecule has 1 aliphatic carbocycles. The summed E-state index contributed by atoms with van der Waals surface area (Å²) >= 11 is 0. The van der Waals surface area contributed by atoms with Gasteiger partial charge in [0.1, 0.15) is 11.3 Å². The molecule has 1 fully saturated rings. The first-order chi connectivity index (χ1) is 14.3. The number of rotatable bonds is 9. The number of amides is 1. The van der Waals surface area contributed by atoms with E-state index in [1.165, 1.54) is 12.3 Å². The summed E-state index contributed by atoms with van der Waals surface area (Å²) in [7, 11) is -1.43. The third kappa shape index (κ3) is 6.03. The van der Waals surface area contributed by atoms with Crippen LogP contribution in [0.15, 0.2) is 48.0 Å². The fourth-order valence-corrected chi connectivity index (χ4v) is 3.21. The summed E-state index contributed by atoms with van der Waals surface area (Å²) in [6.07, 6.45) is 5.96. The molecule has 1 heterocycles. The van der Waals surface area contributed by atoms with Crippen LogP contribution in [-0.2, 0) is 9.84 Å². The maximum atomic E-state index is 13.0. The number of sulfone groups is 1. The minimum Gasteiger partial charge on any atom is -0.438 e. The molecule has 30 heavy (non-hydrogen) atoms. The third-order valence-electron chi connectivity index (χ3n) is 4.72. The molecular formula is C21H26N4O4S. The summed E-state index contributed by atoms with van der Waals surface area (Å²) < 4.78 is 28.8. The van der Waals surface area contributed by atoms with Gasteiger partial charge in [0.2, 0.25) is 11.8 Å². The summed E-state index contributed by atoms with van der Waals surface area (Å²) in [6.45, 7) is 2.66. The maximum Gasteiger partial charge on any atom is 0.258 e. The van der Waals surface area contributed by atoms with Crippen LogP contribution in [0.1, 0.15) is 30.1 Å². The van der Waals surface area contributed by atoms with Gasteiger partial charge in [0, 0.05) is 31.5 Å². The Morgan fingerprint density at radius 2 is 2.03 bits per heavy atom. The molecule has 1 unspecified atom stereocenters. The minimum atomic E-state index is -3.28. The Hall–Kier alpha value is -2.94. The number of carbonyl (C=O) groups is 1. The second kappa shape index (κ2) is 9.25. The molecule has 0 saturated heterocycles. The Morgan fingerprint density at radius 3 is 2.63 bits per heavy atom. The molecule has 160 valence electrons. The molecule has 1 amide bonds. The summed E-state index contributed by atoms with van der Waals surface area (Å²) in [6, 6.07) is 8.69. The number of hydrogen-bond acceptors (Lipinski definition) is 7. The van der Waals surface area contributed by atoms with Crippen LogP contribution in [0.3, 0.4) is 0 Å². The smallest absolute Gasteiger partial charge is 0.258 e. The van der Waals surface area contributed by atoms with Gasteiger partial charge >= 0.3 is 0 Å². The number of carbonyl (C=O) groups excluding carboxylic acids is 1. The Balaban J connectivity index is 1.88. The quantitative estimate of drug-likeness (QED) is 0.653. The van der Waals surface area contributed by atoms with Gasteiger partial charge in [-0.2, -0.15) is 4.98 Å². The molecule has 3 rings (SSSR count). The van der Waals surface area contributed by atoms with E-state index in [-0.39, 0.29) is 23.4 Å².